The number of ether oxygens (including phenoxy) is 1. The summed E-state index contributed by atoms with van der Waals surface area (Å²) < 4.78 is 32.5. The van der Waals surface area contributed by atoms with Crippen LogP contribution in [0.2, 0.25) is 0 Å². The summed E-state index contributed by atoms with van der Waals surface area (Å²) in [5, 5.41) is 2.19. The van der Waals surface area contributed by atoms with Crippen molar-refractivity contribution in [2.45, 2.75) is 26.2 Å². The smallest absolute Gasteiger partial charge is 0.262 e. The Labute approximate surface area is 134 Å². The van der Waals surface area contributed by atoms with Crippen LogP contribution in [0.25, 0.3) is 0 Å². The third-order valence-electron chi connectivity index (χ3n) is 3.28. The molecule has 1 amide bonds. The fraction of sp³-hybridized carbons (Fsp3) is 0.278. The Morgan fingerprint density at radius 1 is 1.04 bits per heavy atom. The van der Waals surface area contributed by atoms with Crippen molar-refractivity contribution in [3.8, 4) is 5.75 Å². The van der Waals surface area contributed by atoms with Gasteiger partial charge in [0, 0.05) is 0 Å². The number of anilines is 1. The van der Waals surface area contributed by atoms with E-state index in [2.05, 4.69) is 5.32 Å². The summed E-state index contributed by atoms with van der Waals surface area (Å²) in [5.41, 5.74) is 0.333. The standard InChI is InChI=1S/C18H19F2NO2/c1-18(2,3)12-7-4-5-10-15(12)23-11-16(22)21-17-13(19)8-6-9-14(17)20/h4-10H,11H2,1-3H3,(H,21,22). The van der Waals surface area contributed by atoms with Crippen LogP contribution in [-0.4, -0.2) is 12.5 Å². The topological polar surface area (TPSA) is 38.3 Å². The highest BCUT2D eigenvalue weighted by Crippen LogP contribution is 2.30. The first kappa shape index (κ1) is 16.9. The number of halogens is 2. The number of nitrogens with one attached hydrogen (secondary N) is 1. The minimum Gasteiger partial charge on any atom is -0.483 e. The quantitative estimate of drug-likeness (QED) is 0.913. The molecule has 0 heterocycles. The van der Waals surface area contributed by atoms with Crippen LogP contribution >= 0.6 is 0 Å². The second kappa shape index (κ2) is 6.77. The van der Waals surface area contributed by atoms with Crippen molar-refractivity contribution in [2.24, 2.45) is 0 Å². The molecule has 23 heavy (non-hydrogen) atoms. The van der Waals surface area contributed by atoms with E-state index in [1.807, 2.05) is 32.9 Å². The second-order valence-electron chi connectivity index (χ2n) is 6.18. The maximum Gasteiger partial charge on any atom is 0.262 e. The largest absolute Gasteiger partial charge is 0.483 e. The molecule has 0 aliphatic rings. The van der Waals surface area contributed by atoms with Crippen LogP contribution in [0.4, 0.5) is 14.5 Å². The van der Waals surface area contributed by atoms with Crippen LogP contribution < -0.4 is 10.1 Å². The number of para-hydroxylation sites is 2. The molecule has 0 aliphatic heterocycles. The Hall–Kier alpha value is -2.43. The minimum atomic E-state index is -0.826. The minimum absolute atomic E-state index is 0.148. The maximum absolute atomic E-state index is 13.5. The summed E-state index contributed by atoms with van der Waals surface area (Å²) in [6, 6.07) is 10.8. The van der Waals surface area contributed by atoms with Crippen molar-refractivity contribution < 1.29 is 18.3 Å². The Balaban J connectivity index is 2.06. The number of hydrogen-bond acceptors (Lipinski definition) is 2. The summed E-state index contributed by atoms with van der Waals surface area (Å²) in [5.74, 6) is -1.70. The summed E-state index contributed by atoms with van der Waals surface area (Å²) in [7, 11) is 0. The van der Waals surface area contributed by atoms with Crippen molar-refractivity contribution in [3.05, 3.63) is 59.7 Å². The van der Waals surface area contributed by atoms with Gasteiger partial charge in [-0.05, 0) is 29.2 Å². The lowest BCUT2D eigenvalue weighted by Gasteiger charge is -2.22. The van der Waals surface area contributed by atoms with Gasteiger partial charge in [-0.3, -0.25) is 4.79 Å². The first-order chi connectivity index (χ1) is 10.8. The van der Waals surface area contributed by atoms with E-state index in [1.54, 1.807) is 12.1 Å². The fourth-order valence-corrected chi connectivity index (χ4v) is 2.15. The predicted molar refractivity (Wildman–Crippen MR) is 85.6 cm³/mol. The summed E-state index contributed by atoms with van der Waals surface area (Å²) >= 11 is 0. The van der Waals surface area contributed by atoms with E-state index in [1.165, 1.54) is 6.07 Å². The van der Waals surface area contributed by atoms with Gasteiger partial charge in [-0.25, -0.2) is 8.78 Å². The number of carbonyl (C=O) groups excluding carboxylic acids is 1. The zero-order chi connectivity index (χ0) is 17.0. The normalized spacial score (nSPS) is 11.2. The van der Waals surface area contributed by atoms with Gasteiger partial charge < -0.3 is 10.1 Å². The Kier molecular flexibility index (Phi) is 4.98. The van der Waals surface area contributed by atoms with Crippen molar-refractivity contribution in [1.82, 2.24) is 0 Å². The molecule has 2 aromatic rings. The highest BCUT2D eigenvalue weighted by atomic mass is 19.1. The summed E-state index contributed by atoms with van der Waals surface area (Å²) in [6.45, 7) is 5.76. The lowest BCUT2D eigenvalue weighted by atomic mass is 9.86. The van der Waals surface area contributed by atoms with Crippen molar-refractivity contribution in [1.29, 1.82) is 0 Å². The Bertz CT molecular complexity index is 688. The zero-order valence-corrected chi connectivity index (χ0v) is 13.3. The summed E-state index contributed by atoms with van der Waals surface area (Å²) in [4.78, 5) is 11.9. The molecule has 0 fully saturated rings. The third kappa shape index (κ3) is 4.28. The molecular formula is C18H19F2NO2. The molecule has 0 unspecified atom stereocenters. The molecule has 0 saturated heterocycles. The molecule has 3 nitrogen and oxygen atoms in total. The molecule has 2 aromatic carbocycles. The van der Waals surface area contributed by atoms with E-state index >= 15 is 0 Å². The van der Waals surface area contributed by atoms with Crippen molar-refractivity contribution in [3.63, 3.8) is 0 Å². The van der Waals surface area contributed by atoms with E-state index in [9.17, 15) is 13.6 Å². The van der Waals surface area contributed by atoms with Gasteiger partial charge in [0.05, 0.1) is 0 Å². The van der Waals surface area contributed by atoms with Crippen LogP contribution in [0.15, 0.2) is 42.5 Å². The lowest BCUT2D eigenvalue weighted by Crippen LogP contribution is -2.23. The zero-order valence-electron chi connectivity index (χ0n) is 13.3. The molecule has 0 aliphatic carbocycles. The van der Waals surface area contributed by atoms with Gasteiger partial charge in [-0.1, -0.05) is 45.0 Å². The lowest BCUT2D eigenvalue weighted by molar-refractivity contribution is -0.118. The number of hydrogen-bond donors (Lipinski definition) is 1. The molecule has 0 bridgehead atoms. The fourth-order valence-electron chi connectivity index (χ4n) is 2.15. The van der Waals surface area contributed by atoms with E-state index in [0.717, 1.165) is 17.7 Å². The third-order valence-corrected chi connectivity index (χ3v) is 3.28. The average Bonchev–Trinajstić information content (AvgIpc) is 2.48. The number of carbonyl (C=O) groups is 1. The van der Waals surface area contributed by atoms with Gasteiger partial charge in [0.2, 0.25) is 0 Å². The molecule has 0 atom stereocenters. The molecule has 0 spiro atoms. The molecule has 5 heteroatoms. The van der Waals surface area contributed by atoms with Crippen LogP contribution in [0.5, 0.6) is 5.75 Å². The van der Waals surface area contributed by atoms with Gasteiger partial charge in [-0.15, -0.1) is 0 Å². The molecule has 1 N–H and O–H groups in total. The number of rotatable bonds is 4. The van der Waals surface area contributed by atoms with Crippen molar-refractivity contribution >= 4 is 11.6 Å². The molecule has 0 saturated carbocycles. The van der Waals surface area contributed by atoms with Crippen LogP contribution in [0.1, 0.15) is 26.3 Å². The molecule has 0 aromatic heterocycles. The van der Waals surface area contributed by atoms with Gasteiger partial charge in [-0.2, -0.15) is 0 Å². The van der Waals surface area contributed by atoms with E-state index in [0.29, 0.717) is 5.75 Å². The first-order valence-corrected chi connectivity index (χ1v) is 7.25. The predicted octanol–water partition coefficient (Wildman–Crippen LogP) is 4.28. The SMILES string of the molecule is CC(C)(C)c1ccccc1OCC(=O)Nc1c(F)cccc1F. The maximum atomic E-state index is 13.5. The molecule has 122 valence electrons. The monoisotopic (exact) mass is 319 g/mol. The van der Waals surface area contributed by atoms with Crippen LogP contribution in [0.3, 0.4) is 0 Å². The molecular weight excluding hydrogens is 300 g/mol. The number of benzene rings is 2. The molecule has 0 radical (unpaired) electrons. The first-order valence-electron chi connectivity index (χ1n) is 7.25. The number of amides is 1. The van der Waals surface area contributed by atoms with Crippen LogP contribution in [-0.2, 0) is 10.2 Å². The van der Waals surface area contributed by atoms with Gasteiger partial charge in [0.1, 0.15) is 23.1 Å². The van der Waals surface area contributed by atoms with Gasteiger partial charge in [0.25, 0.3) is 5.91 Å². The Morgan fingerprint density at radius 3 is 2.26 bits per heavy atom. The molecule has 2 rings (SSSR count). The Morgan fingerprint density at radius 2 is 1.65 bits per heavy atom. The van der Waals surface area contributed by atoms with E-state index in [4.69, 9.17) is 4.74 Å². The highest BCUT2D eigenvalue weighted by molar-refractivity contribution is 5.92. The average molecular weight is 319 g/mol. The summed E-state index contributed by atoms with van der Waals surface area (Å²) in [6.07, 6.45) is 0. The van der Waals surface area contributed by atoms with E-state index in [-0.39, 0.29) is 12.0 Å². The second-order valence-corrected chi connectivity index (χ2v) is 6.18. The van der Waals surface area contributed by atoms with Crippen LogP contribution in [0, 0.1) is 11.6 Å². The highest BCUT2D eigenvalue weighted by Gasteiger charge is 2.19. The van der Waals surface area contributed by atoms with Gasteiger partial charge in [0.15, 0.2) is 6.61 Å². The van der Waals surface area contributed by atoms with E-state index < -0.39 is 23.2 Å². The van der Waals surface area contributed by atoms with Gasteiger partial charge >= 0.3 is 0 Å². The van der Waals surface area contributed by atoms with Crippen molar-refractivity contribution in [2.75, 3.05) is 11.9 Å².